The van der Waals surface area contributed by atoms with E-state index in [0.717, 1.165) is 5.57 Å². The molecule has 0 fully saturated rings. The highest BCUT2D eigenvalue weighted by Crippen LogP contribution is 2.10. The highest BCUT2D eigenvalue weighted by Gasteiger charge is 2.19. The number of nitrogens with one attached hydrogen (secondary N) is 1. The Morgan fingerprint density at radius 1 is 1.70 bits per heavy atom. The molecule has 1 rings (SSSR count). The monoisotopic (exact) mass is 140 g/mol. The summed E-state index contributed by atoms with van der Waals surface area (Å²) >= 11 is 0. The number of nitrogens with two attached hydrogens (primary N) is 1. The van der Waals surface area contributed by atoms with Crippen molar-refractivity contribution in [3.05, 3.63) is 11.6 Å². The first-order chi connectivity index (χ1) is 4.61. The molecule has 0 saturated heterocycles. The molecule has 0 bridgehead atoms. The third kappa shape index (κ3) is 1.19. The molecule has 3 N–H and O–H groups in total. The molecule has 1 aliphatic heterocycles. The number of amides is 1. The minimum Gasteiger partial charge on any atom is -0.337 e. The summed E-state index contributed by atoms with van der Waals surface area (Å²) in [5.74, 6) is 0.197. The second-order valence-electron chi connectivity index (χ2n) is 2.71. The molecule has 0 radical (unpaired) electrons. The van der Waals surface area contributed by atoms with Crippen molar-refractivity contribution < 1.29 is 4.79 Å². The summed E-state index contributed by atoms with van der Waals surface area (Å²) in [6, 6.07) is 0. The van der Waals surface area contributed by atoms with Crippen LogP contribution in [0.4, 0.5) is 0 Å². The average Bonchev–Trinajstić information content (AvgIpc) is 1.84. The van der Waals surface area contributed by atoms with Crippen LogP contribution in [0.25, 0.3) is 0 Å². The lowest BCUT2D eigenvalue weighted by atomic mass is 10.0. The van der Waals surface area contributed by atoms with Crippen molar-refractivity contribution >= 4 is 5.91 Å². The Morgan fingerprint density at radius 2 is 2.30 bits per heavy atom. The molecule has 2 unspecified atom stereocenters. The van der Waals surface area contributed by atoms with Crippen LogP contribution < -0.4 is 11.1 Å². The SMILES string of the molecule is CC1=CC(C)C(N)NC1=O. The topological polar surface area (TPSA) is 55.1 Å². The van der Waals surface area contributed by atoms with Crippen LogP contribution in [0.5, 0.6) is 0 Å². The third-order valence-electron chi connectivity index (χ3n) is 1.74. The van der Waals surface area contributed by atoms with E-state index in [9.17, 15) is 4.79 Å². The van der Waals surface area contributed by atoms with Gasteiger partial charge in [-0.2, -0.15) is 0 Å². The maximum atomic E-state index is 10.9. The number of carbonyl (C=O) groups excluding carboxylic acids is 1. The second kappa shape index (κ2) is 2.42. The summed E-state index contributed by atoms with van der Waals surface area (Å²) < 4.78 is 0. The summed E-state index contributed by atoms with van der Waals surface area (Å²) in [7, 11) is 0. The lowest BCUT2D eigenvalue weighted by molar-refractivity contribution is -0.118. The lowest BCUT2D eigenvalue weighted by Gasteiger charge is -2.23. The second-order valence-corrected chi connectivity index (χ2v) is 2.71. The highest BCUT2D eigenvalue weighted by molar-refractivity contribution is 5.93. The van der Waals surface area contributed by atoms with Gasteiger partial charge in [0.05, 0.1) is 6.17 Å². The minimum absolute atomic E-state index is 0.0504. The first-order valence-corrected chi connectivity index (χ1v) is 3.36. The molecule has 0 aromatic heterocycles. The van der Waals surface area contributed by atoms with Gasteiger partial charge in [-0.05, 0) is 6.92 Å². The molecule has 56 valence electrons. The van der Waals surface area contributed by atoms with Crippen molar-refractivity contribution in [3.8, 4) is 0 Å². The van der Waals surface area contributed by atoms with Crippen LogP contribution in [0, 0.1) is 5.92 Å². The van der Waals surface area contributed by atoms with E-state index in [1.54, 1.807) is 6.92 Å². The number of hydrogen-bond acceptors (Lipinski definition) is 2. The zero-order valence-corrected chi connectivity index (χ0v) is 6.22. The molecule has 3 nitrogen and oxygen atoms in total. The molecule has 0 aliphatic carbocycles. The maximum Gasteiger partial charge on any atom is 0.247 e. The van der Waals surface area contributed by atoms with Gasteiger partial charge in [-0.25, -0.2) is 0 Å². The fraction of sp³-hybridized carbons (Fsp3) is 0.571. The molecular formula is C7H12N2O. The smallest absolute Gasteiger partial charge is 0.247 e. The standard InChI is InChI=1S/C7H12N2O/c1-4-3-5(2)7(10)9-6(4)8/h3-4,6H,8H2,1-2H3,(H,9,10). The zero-order valence-electron chi connectivity index (χ0n) is 6.22. The number of rotatable bonds is 0. The van der Waals surface area contributed by atoms with E-state index < -0.39 is 0 Å². The third-order valence-corrected chi connectivity index (χ3v) is 1.74. The Kier molecular flexibility index (Phi) is 1.76. The van der Waals surface area contributed by atoms with Gasteiger partial charge in [-0.15, -0.1) is 0 Å². The first-order valence-electron chi connectivity index (χ1n) is 3.36. The van der Waals surface area contributed by atoms with E-state index in [4.69, 9.17) is 5.73 Å². The van der Waals surface area contributed by atoms with Crippen molar-refractivity contribution in [2.45, 2.75) is 20.0 Å². The number of carbonyl (C=O) groups is 1. The Hall–Kier alpha value is -0.830. The van der Waals surface area contributed by atoms with Gasteiger partial charge >= 0.3 is 0 Å². The van der Waals surface area contributed by atoms with Gasteiger partial charge in [0.1, 0.15) is 0 Å². The van der Waals surface area contributed by atoms with Crippen molar-refractivity contribution in [3.63, 3.8) is 0 Å². The summed E-state index contributed by atoms with van der Waals surface area (Å²) in [6.07, 6.45) is 1.68. The average molecular weight is 140 g/mol. The first kappa shape index (κ1) is 7.28. The zero-order chi connectivity index (χ0) is 7.72. The molecule has 0 aromatic rings. The predicted molar refractivity (Wildman–Crippen MR) is 39.0 cm³/mol. The van der Waals surface area contributed by atoms with Crippen LogP contribution in [-0.2, 0) is 4.79 Å². The van der Waals surface area contributed by atoms with Gasteiger partial charge in [0.2, 0.25) is 5.91 Å². The molecule has 2 atom stereocenters. The van der Waals surface area contributed by atoms with E-state index in [2.05, 4.69) is 5.32 Å². The fourth-order valence-corrected chi connectivity index (χ4v) is 0.970. The predicted octanol–water partition coefficient (Wildman–Crippen LogP) is -0.0166. The van der Waals surface area contributed by atoms with Crippen molar-refractivity contribution in [2.24, 2.45) is 11.7 Å². The molecule has 1 amide bonds. The Balaban J connectivity index is 2.79. The fourth-order valence-electron chi connectivity index (χ4n) is 0.970. The molecule has 1 heterocycles. The van der Waals surface area contributed by atoms with Gasteiger partial charge in [-0.1, -0.05) is 13.0 Å². The maximum absolute atomic E-state index is 10.9. The van der Waals surface area contributed by atoms with E-state index in [1.165, 1.54) is 0 Å². The molecule has 3 heteroatoms. The molecular weight excluding hydrogens is 128 g/mol. The molecule has 0 aromatic carbocycles. The van der Waals surface area contributed by atoms with Crippen molar-refractivity contribution in [2.75, 3.05) is 0 Å². The van der Waals surface area contributed by atoms with Crippen LogP contribution in [-0.4, -0.2) is 12.1 Å². The molecule has 0 saturated carbocycles. The van der Waals surface area contributed by atoms with Gasteiger partial charge in [-0.3, -0.25) is 4.79 Å². The molecule has 10 heavy (non-hydrogen) atoms. The van der Waals surface area contributed by atoms with Gasteiger partial charge in [0.25, 0.3) is 0 Å². The van der Waals surface area contributed by atoms with E-state index in [-0.39, 0.29) is 18.0 Å². The van der Waals surface area contributed by atoms with E-state index >= 15 is 0 Å². The van der Waals surface area contributed by atoms with E-state index in [0.29, 0.717) is 0 Å². The van der Waals surface area contributed by atoms with Gasteiger partial charge in [0.15, 0.2) is 0 Å². The summed E-state index contributed by atoms with van der Waals surface area (Å²) in [6.45, 7) is 3.77. The van der Waals surface area contributed by atoms with E-state index in [1.807, 2.05) is 13.0 Å². The van der Waals surface area contributed by atoms with Crippen LogP contribution >= 0.6 is 0 Å². The van der Waals surface area contributed by atoms with Crippen LogP contribution in [0.2, 0.25) is 0 Å². The quantitative estimate of drug-likeness (QED) is 0.497. The van der Waals surface area contributed by atoms with Crippen molar-refractivity contribution in [1.29, 1.82) is 0 Å². The largest absolute Gasteiger partial charge is 0.337 e. The molecule has 0 spiro atoms. The normalized spacial score (nSPS) is 33.1. The van der Waals surface area contributed by atoms with Crippen LogP contribution in [0.15, 0.2) is 11.6 Å². The summed E-state index contributed by atoms with van der Waals surface area (Å²) in [5.41, 5.74) is 6.31. The minimum atomic E-state index is -0.212. The van der Waals surface area contributed by atoms with Gasteiger partial charge in [0, 0.05) is 11.5 Å². The van der Waals surface area contributed by atoms with Crippen LogP contribution in [0.3, 0.4) is 0 Å². The highest BCUT2D eigenvalue weighted by atomic mass is 16.1. The summed E-state index contributed by atoms with van der Waals surface area (Å²) in [5, 5.41) is 2.65. The Morgan fingerprint density at radius 3 is 2.80 bits per heavy atom. The molecule has 1 aliphatic rings. The lowest BCUT2D eigenvalue weighted by Crippen LogP contribution is -2.48. The van der Waals surface area contributed by atoms with Gasteiger partial charge < -0.3 is 11.1 Å². The Labute approximate surface area is 60.3 Å². The van der Waals surface area contributed by atoms with Crippen LogP contribution in [0.1, 0.15) is 13.8 Å². The van der Waals surface area contributed by atoms with Crippen molar-refractivity contribution in [1.82, 2.24) is 5.32 Å². The summed E-state index contributed by atoms with van der Waals surface area (Å²) in [4.78, 5) is 10.9. The number of hydrogen-bond donors (Lipinski definition) is 2. The Bertz CT molecular complexity index is 186.